The topological polar surface area (TPSA) is 67.7 Å². The van der Waals surface area contributed by atoms with Gasteiger partial charge in [-0.3, -0.25) is 9.59 Å². The predicted octanol–water partition coefficient (Wildman–Crippen LogP) is 1.46. The maximum atomic E-state index is 12.8. The van der Waals surface area contributed by atoms with Crippen molar-refractivity contribution in [2.45, 2.75) is 18.4 Å². The summed E-state index contributed by atoms with van der Waals surface area (Å²) < 4.78 is 7.71. The minimum absolute atomic E-state index is 0.0410. The van der Waals surface area contributed by atoms with Crippen molar-refractivity contribution in [1.82, 2.24) is 14.5 Å². The molecular weight excluding hydrogens is 332 g/mol. The highest BCUT2D eigenvalue weighted by molar-refractivity contribution is 5.95. The van der Waals surface area contributed by atoms with Crippen LogP contribution in [0.3, 0.4) is 0 Å². The van der Waals surface area contributed by atoms with Crippen LogP contribution in [0, 0.1) is 0 Å². The number of amides is 2. The molecule has 1 unspecified atom stereocenters. The molecule has 1 atom stereocenters. The number of carbonyl (C=O) groups is 2. The number of carbonyl (C=O) groups excluding carboxylic acids is 2. The molecule has 0 N–H and O–H groups in total. The van der Waals surface area contributed by atoms with Crippen LogP contribution in [0.15, 0.2) is 42.7 Å². The van der Waals surface area contributed by atoms with Gasteiger partial charge in [0.1, 0.15) is 12.2 Å². The molecule has 26 heavy (non-hydrogen) atoms. The third-order valence-corrected chi connectivity index (χ3v) is 5.16. The number of likely N-dealkylation sites (tertiary alicyclic amines) is 1. The summed E-state index contributed by atoms with van der Waals surface area (Å²) in [6.45, 7) is 1.64. The Balaban J connectivity index is 1.55. The Morgan fingerprint density at radius 2 is 2.04 bits per heavy atom. The van der Waals surface area contributed by atoms with Gasteiger partial charge in [0.2, 0.25) is 0 Å². The van der Waals surface area contributed by atoms with E-state index in [0.29, 0.717) is 25.5 Å². The molecule has 2 aromatic rings. The van der Waals surface area contributed by atoms with Gasteiger partial charge in [0.15, 0.2) is 5.82 Å². The van der Waals surface area contributed by atoms with Crippen molar-refractivity contribution in [2.75, 3.05) is 31.1 Å². The Labute approximate surface area is 152 Å². The molecule has 2 aliphatic heterocycles. The Bertz CT molecular complexity index is 819. The van der Waals surface area contributed by atoms with E-state index in [-0.39, 0.29) is 18.4 Å². The summed E-state index contributed by atoms with van der Waals surface area (Å²) in [5.74, 6) is 0.284. The number of benzene rings is 1. The van der Waals surface area contributed by atoms with Crippen molar-refractivity contribution in [3.05, 3.63) is 48.5 Å². The summed E-state index contributed by atoms with van der Waals surface area (Å²) in [6.07, 6.45) is 5.06. The summed E-state index contributed by atoms with van der Waals surface area (Å²) in [4.78, 5) is 32.9. The fourth-order valence-electron chi connectivity index (χ4n) is 3.79. The quantitative estimate of drug-likeness (QED) is 0.819. The van der Waals surface area contributed by atoms with Gasteiger partial charge in [-0.25, -0.2) is 4.98 Å². The van der Waals surface area contributed by atoms with Crippen molar-refractivity contribution in [2.24, 2.45) is 7.05 Å². The molecule has 0 saturated carbocycles. The van der Waals surface area contributed by atoms with E-state index in [9.17, 15) is 9.59 Å². The van der Waals surface area contributed by atoms with E-state index in [1.165, 1.54) is 0 Å². The summed E-state index contributed by atoms with van der Waals surface area (Å²) in [6, 6.07) is 9.62. The Kier molecular flexibility index (Phi) is 4.24. The van der Waals surface area contributed by atoms with E-state index < -0.39 is 5.60 Å². The van der Waals surface area contributed by atoms with Gasteiger partial charge >= 0.3 is 0 Å². The average molecular weight is 354 g/mol. The Hall–Kier alpha value is -2.67. The lowest BCUT2D eigenvalue weighted by molar-refractivity contribution is -0.144. The monoisotopic (exact) mass is 354 g/mol. The summed E-state index contributed by atoms with van der Waals surface area (Å²) in [7, 11) is 1.81. The summed E-state index contributed by atoms with van der Waals surface area (Å²) in [5.41, 5.74) is 0.343. The van der Waals surface area contributed by atoms with Crippen molar-refractivity contribution >= 4 is 17.5 Å². The number of imidazole rings is 1. The number of para-hydroxylation sites is 1. The van der Waals surface area contributed by atoms with Crippen LogP contribution in [0.2, 0.25) is 0 Å². The lowest BCUT2D eigenvalue weighted by Crippen LogP contribution is -2.62. The molecule has 0 aliphatic carbocycles. The van der Waals surface area contributed by atoms with E-state index in [1.54, 1.807) is 26.8 Å². The van der Waals surface area contributed by atoms with Gasteiger partial charge in [-0.05, 0) is 25.0 Å². The molecule has 2 fully saturated rings. The van der Waals surface area contributed by atoms with Crippen LogP contribution < -0.4 is 4.90 Å². The van der Waals surface area contributed by atoms with Gasteiger partial charge in [-0.15, -0.1) is 0 Å². The minimum Gasteiger partial charge on any atom is -0.361 e. The molecule has 7 heteroatoms. The highest BCUT2D eigenvalue weighted by Crippen LogP contribution is 2.32. The standard InChI is InChI=1S/C19H22N4O3/c1-21-11-9-20-17(21)18(25)22-10-5-8-19(13-22)14-23(16(24)12-26-19)15-6-3-2-4-7-15/h2-4,6-7,9,11H,5,8,10,12-14H2,1H3. The molecule has 1 aromatic carbocycles. The van der Waals surface area contributed by atoms with E-state index in [2.05, 4.69) is 4.98 Å². The van der Waals surface area contributed by atoms with Crippen molar-refractivity contribution in [1.29, 1.82) is 0 Å². The van der Waals surface area contributed by atoms with E-state index >= 15 is 0 Å². The molecule has 4 rings (SSSR count). The normalized spacial score (nSPS) is 23.5. The van der Waals surface area contributed by atoms with Crippen LogP contribution in [-0.4, -0.2) is 58.1 Å². The molecule has 2 aliphatic rings. The number of hydrogen-bond donors (Lipinski definition) is 0. The van der Waals surface area contributed by atoms with Crippen molar-refractivity contribution in [3.63, 3.8) is 0 Å². The second-order valence-corrected chi connectivity index (χ2v) is 6.98. The van der Waals surface area contributed by atoms with Crippen LogP contribution in [0.25, 0.3) is 0 Å². The largest absolute Gasteiger partial charge is 0.361 e. The van der Waals surface area contributed by atoms with Crippen LogP contribution in [0.4, 0.5) is 5.69 Å². The zero-order chi connectivity index (χ0) is 18.1. The van der Waals surface area contributed by atoms with Gasteiger partial charge < -0.3 is 19.1 Å². The number of nitrogens with zero attached hydrogens (tertiary/aromatic N) is 4. The molecule has 2 amide bonds. The van der Waals surface area contributed by atoms with Gasteiger partial charge in [-0.1, -0.05) is 18.2 Å². The van der Waals surface area contributed by atoms with E-state index in [1.807, 2.05) is 37.4 Å². The number of anilines is 1. The molecule has 3 heterocycles. The summed E-state index contributed by atoms with van der Waals surface area (Å²) in [5, 5.41) is 0. The number of piperidine rings is 1. The zero-order valence-corrected chi connectivity index (χ0v) is 14.8. The molecule has 1 spiro atoms. The predicted molar refractivity (Wildman–Crippen MR) is 95.8 cm³/mol. The molecule has 136 valence electrons. The molecular formula is C19H22N4O3. The first-order chi connectivity index (χ1) is 12.6. The second-order valence-electron chi connectivity index (χ2n) is 6.98. The fourth-order valence-corrected chi connectivity index (χ4v) is 3.79. The highest BCUT2D eigenvalue weighted by Gasteiger charge is 2.44. The lowest BCUT2D eigenvalue weighted by atomic mass is 9.90. The number of aromatic nitrogens is 2. The highest BCUT2D eigenvalue weighted by atomic mass is 16.5. The minimum atomic E-state index is -0.525. The molecule has 2 saturated heterocycles. The average Bonchev–Trinajstić information content (AvgIpc) is 3.10. The Morgan fingerprint density at radius 3 is 2.77 bits per heavy atom. The van der Waals surface area contributed by atoms with Gasteiger partial charge in [0.05, 0.1) is 13.1 Å². The first-order valence-electron chi connectivity index (χ1n) is 8.84. The van der Waals surface area contributed by atoms with Crippen molar-refractivity contribution in [3.8, 4) is 0 Å². The van der Waals surface area contributed by atoms with E-state index in [0.717, 1.165) is 18.5 Å². The SMILES string of the molecule is Cn1ccnc1C(=O)N1CCCC2(C1)CN(c1ccccc1)C(=O)CO2. The molecule has 7 nitrogen and oxygen atoms in total. The fraction of sp³-hybridized carbons (Fsp3) is 0.421. The van der Waals surface area contributed by atoms with Crippen LogP contribution >= 0.6 is 0 Å². The number of rotatable bonds is 2. The smallest absolute Gasteiger partial charge is 0.289 e. The number of hydrogen-bond acceptors (Lipinski definition) is 4. The second kappa shape index (κ2) is 6.57. The van der Waals surface area contributed by atoms with Gasteiger partial charge in [0.25, 0.3) is 11.8 Å². The van der Waals surface area contributed by atoms with Crippen LogP contribution in [0.5, 0.6) is 0 Å². The molecule has 0 bridgehead atoms. The van der Waals surface area contributed by atoms with E-state index in [4.69, 9.17) is 4.74 Å². The van der Waals surface area contributed by atoms with Crippen LogP contribution in [-0.2, 0) is 16.6 Å². The van der Waals surface area contributed by atoms with Gasteiger partial charge in [-0.2, -0.15) is 0 Å². The number of morpholine rings is 1. The number of ether oxygens (including phenoxy) is 1. The maximum Gasteiger partial charge on any atom is 0.289 e. The molecule has 1 aromatic heterocycles. The van der Waals surface area contributed by atoms with Crippen molar-refractivity contribution < 1.29 is 14.3 Å². The summed E-state index contributed by atoms with van der Waals surface area (Å²) >= 11 is 0. The van der Waals surface area contributed by atoms with Crippen LogP contribution in [0.1, 0.15) is 23.5 Å². The number of aryl methyl sites for hydroxylation is 1. The maximum absolute atomic E-state index is 12.8. The van der Waals surface area contributed by atoms with Gasteiger partial charge in [0, 0.05) is 31.7 Å². The first kappa shape index (κ1) is 16.8. The lowest BCUT2D eigenvalue weighted by Gasteiger charge is -2.47. The zero-order valence-electron chi connectivity index (χ0n) is 14.8. The molecule has 0 radical (unpaired) electrons. The third-order valence-electron chi connectivity index (χ3n) is 5.16. The first-order valence-corrected chi connectivity index (χ1v) is 8.84. The third kappa shape index (κ3) is 2.99. The Morgan fingerprint density at radius 1 is 1.23 bits per heavy atom.